The van der Waals surface area contributed by atoms with Gasteiger partial charge in [-0.1, -0.05) is 36.4 Å². The van der Waals surface area contributed by atoms with Gasteiger partial charge in [-0.05, 0) is 47.4 Å². The van der Waals surface area contributed by atoms with Crippen LogP contribution in [0.25, 0.3) is 0 Å². The molecule has 1 aliphatic rings. The van der Waals surface area contributed by atoms with Crippen molar-refractivity contribution in [2.75, 3.05) is 19.7 Å². The van der Waals surface area contributed by atoms with Crippen LogP contribution in [-0.2, 0) is 16.1 Å². The van der Waals surface area contributed by atoms with Crippen LogP contribution in [0.4, 0.5) is 0 Å². The molecule has 2 aromatic heterocycles. The first kappa shape index (κ1) is 20.2. The number of piperidine rings is 1. The molecule has 1 aliphatic heterocycles. The van der Waals surface area contributed by atoms with E-state index >= 15 is 0 Å². The van der Waals surface area contributed by atoms with E-state index in [1.807, 2.05) is 42.1 Å². The normalized spacial score (nSPS) is 16.3. The van der Waals surface area contributed by atoms with Crippen LogP contribution in [0.3, 0.4) is 0 Å². The van der Waals surface area contributed by atoms with Gasteiger partial charge in [-0.25, -0.2) is 4.68 Å². The summed E-state index contributed by atoms with van der Waals surface area (Å²) in [6.07, 6.45) is 5.15. The first-order chi connectivity index (χ1) is 14.8. The predicted molar refractivity (Wildman–Crippen MR) is 110 cm³/mol. The Hall–Kier alpha value is -3.13. The standard InChI is InChI=1S/C22H26N6O2/c1-2-30-22(29)18-10-13-27(14-11-18)20(19-9-6-12-23-15-19)21-24-25-26-28(21)16-17-7-4-3-5-8-17/h3-9,12,15,18,20H,2,10-11,13-14,16H2,1H3. The summed E-state index contributed by atoms with van der Waals surface area (Å²) in [5, 5.41) is 12.6. The number of carbonyl (C=O) groups is 1. The molecule has 1 aromatic carbocycles. The van der Waals surface area contributed by atoms with Crippen LogP contribution in [0.1, 0.15) is 42.8 Å². The molecule has 156 valence electrons. The van der Waals surface area contributed by atoms with Crippen LogP contribution in [0.5, 0.6) is 0 Å². The van der Waals surface area contributed by atoms with E-state index in [0.717, 1.165) is 42.9 Å². The maximum Gasteiger partial charge on any atom is 0.309 e. The molecule has 4 rings (SSSR count). The first-order valence-electron chi connectivity index (χ1n) is 10.4. The van der Waals surface area contributed by atoms with E-state index in [4.69, 9.17) is 4.74 Å². The van der Waals surface area contributed by atoms with Crippen molar-refractivity contribution in [1.29, 1.82) is 0 Å². The van der Waals surface area contributed by atoms with E-state index in [1.54, 1.807) is 6.20 Å². The fraction of sp³-hybridized carbons (Fsp3) is 0.409. The highest BCUT2D eigenvalue weighted by molar-refractivity contribution is 5.72. The van der Waals surface area contributed by atoms with Crippen molar-refractivity contribution < 1.29 is 9.53 Å². The van der Waals surface area contributed by atoms with E-state index in [-0.39, 0.29) is 17.9 Å². The van der Waals surface area contributed by atoms with E-state index in [0.29, 0.717) is 13.2 Å². The molecule has 1 saturated heterocycles. The zero-order valence-electron chi connectivity index (χ0n) is 17.1. The number of nitrogens with zero attached hydrogens (tertiary/aromatic N) is 6. The SMILES string of the molecule is CCOC(=O)C1CCN(C(c2cccnc2)c2nnnn2Cc2ccccc2)CC1. The fourth-order valence-electron chi connectivity index (χ4n) is 3.99. The monoisotopic (exact) mass is 406 g/mol. The van der Waals surface area contributed by atoms with Gasteiger partial charge in [-0.2, -0.15) is 0 Å². The van der Waals surface area contributed by atoms with Gasteiger partial charge in [0.25, 0.3) is 0 Å². The van der Waals surface area contributed by atoms with Gasteiger partial charge in [0, 0.05) is 25.5 Å². The molecular formula is C22H26N6O2. The van der Waals surface area contributed by atoms with Crippen molar-refractivity contribution in [3.05, 3.63) is 71.8 Å². The Kier molecular flexibility index (Phi) is 6.44. The number of likely N-dealkylation sites (tertiary alicyclic amines) is 1. The van der Waals surface area contributed by atoms with E-state index in [1.165, 1.54) is 0 Å². The Bertz CT molecular complexity index is 939. The molecule has 1 unspecified atom stereocenters. The Morgan fingerprint density at radius 2 is 1.97 bits per heavy atom. The van der Waals surface area contributed by atoms with Crippen molar-refractivity contribution in [2.45, 2.75) is 32.4 Å². The van der Waals surface area contributed by atoms with Crippen LogP contribution in [0.2, 0.25) is 0 Å². The molecule has 1 atom stereocenters. The summed E-state index contributed by atoms with van der Waals surface area (Å²) >= 11 is 0. The molecule has 0 aliphatic carbocycles. The summed E-state index contributed by atoms with van der Waals surface area (Å²) < 4.78 is 7.07. The van der Waals surface area contributed by atoms with E-state index in [9.17, 15) is 4.79 Å². The second-order valence-corrected chi connectivity index (χ2v) is 7.43. The number of tetrazole rings is 1. The summed E-state index contributed by atoms with van der Waals surface area (Å²) in [4.78, 5) is 18.8. The Morgan fingerprint density at radius 3 is 2.67 bits per heavy atom. The number of carbonyl (C=O) groups excluding carboxylic acids is 1. The molecule has 0 saturated carbocycles. The zero-order chi connectivity index (χ0) is 20.8. The highest BCUT2D eigenvalue weighted by atomic mass is 16.5. The number of rotatable bonds is 7. The summed E-state index contributed by atoms with van der Waals surface area (Å²) in [5.74, 6) is 0.640. The Balaban J connectivity index is 1.59. The predicted octanol–water partition coefficient (Wildman–Crippen LogP) is 2.48. The Labute approximate surface area is 175 Å². The van der Waals surface area contributed by atoms with Crippen LogP contribution in [0.15, 0.2) is 54.9 Å². The number of ether oxygens (including phenoxy) is 1. The average molecular weight is 406 g/mol. The minimum Gasteiger partial charge on any atom is -0.466 e. The van der Waals surface area contributed by atoms with Crippen molar-refractivity contribution in [3.63, 3.8) is 0 Å². The van der Waals surface area contributed by atoms with Gasteiger partial charge in [0.05, 0.1) is 25.1 Å². The zero-order valence-corrected chi connectivity index (χ0v) is 17.1. The third-order valence-electron chi connectivity index (χ3n) is 5.49. The largest absolute Gasteiger partial charge is 0.466 e. The second-order valence-electron chi connectivity index (χ2n) is 7.43. The van der Waals surface area contributed by atoms with Gasteiger partial charge in [-0.15, -0.1) is 5.10 Å². The first-order valence-corrected chi connectivity index (χ1v) is 10.4. The summed E-state index contributed by atoms with van der Waals surface area (Å²) in [7, 11) is 0. The number of esters is 1. The second kappa shape index (κ2) is 9.58. The van der Waals surface area contributed by atoms with Crippen LogP contribution in [-0.4, -0.2) is 55.8 Å². The molecule has 30 heavy (non-hydrogen) atoms. The van der Waals surface area contributed by atoms with Gasteiger partial charge in [0.1, 0.15) is 0 Å². The maximum absolute atomic E-state index is 12.1. The van der Waals surface area contributed by atoms with Gasteiger partial charge in [0.2, 0.25) is 0 Å². The lowest BCUT2D eigenvalue weighted by atomic mass is 9.94. The van der Waals surface area contributed by atoms with Gasteiger partial charge in [-0.3, -0.25) is 14.7 Å². The van der Waals surface area contributed by atoms with E-state index in [2.05, 4.69) is 43.6 Å². The van der Waals surface area contributed by atoms with Crippen molar-refractivity contribution in [3.8, 4) is 0 Å². The van der Waals surface area contributed by atoms with Gasteiger partial charge in [0.15, 0.2) is 5.82 Å². The number of benzene rings is 1. The number of hydrogen-bond acceptors (Lipinski definition) is 7. The summed E-state index contributed by atoms with van der Waals surface area (Å²) in [6.45, 7) is 4.39. The van der Waals surface area contributed by atoms with E-state index < -0.39 is 0 Å². The topological polar surface area (TPSA) is 86.0 Å². The van der Waals surface area contributed by atoms with Crippen molar-refractivity contribution in [2.24, 2.45) is 5.92 Å². The summed E-state index contributed by atoms with van der Waals surface area (Å²) in [6, 6.07) is 14.0. The van der Waals surface area contributed by atoms with Crippen LogP contribution in [0, 0.1) is 5.92 Å². The maximum atomic E-state index is 12.1. The lowest BCUT2D eigenvalue weighted by molar-refractivity contribution is -0.149. The molecule has 3 aromatic rings. The third-order valence-corrected chi connectivity index (χ3v) is 5.49. The lowest BCUT2D eigenvalue weighted by Crippen LogP contribution is -2.40. The van der Waals surface area contributed by atoms with Crippen molar-refractivity contribution in [1.82, 2.24) is 30.1 Å². The molecule has 0 bridgehead atoms. The quantitative estimate of drug-likeness (QED) is 0.557. The molecule has 0 N–H and O–H groups in total. The molecule has 0 radical (unpaired) electrons. The number of pyridine rings is 1. The lowest BCUT2D eigenvalue weighted by Gasteiger charge is -2.36. The molecule has 1 fully saturated rings. The highest BCUT2D eigenvalue weighted by Crippen LogP contribution is 2.31. The number of aromatic nitrogens is 5. The minimum atomic E-state index is -0.124. The molecular weight excluding hydrogens is 380 g/mol. The smallest absolute Gasteiger partial charge is 0.309 e. The molecule has 8 heteroatoms. The molecule has 8 nitrogen and oxygen atoms in total. The summed E-state index contributed by atoms with van der Waals surface area (Å²) in [5.41, 5.74) is 2.17. The van der Waals surface area contributed by atoms with Crippen LogP contribution < -0.4 is 0 Å². The van der Waals surface area contributed by atoms with Gasteiger partial charge < -0.3 is 4.74 Å². The third kappa shape index (κ3) is 4.54. The molecule has 3 heterocycles. The van der Waals surface area contributed by atoms with Crippen LogP contribution >= 0.6 is 0 Å². The molecule has 0 spiro atoms. The van der Waals surface area contributed by atoms with Crippen molar-refractivity contribution >= 4 is 5.97 Å². The Morgan fingerprint density at radius 1 is 1.17 bits per heavy atom. The number of hydrogen-bond donors (Lipinski definition) is 0. The van der Waals surface area contributed by atoms with Gasteiger partial charge >= 0.3 is 5.97 Å². The molecule has 0 amide bonds. The highest BCUT2D eigenvalue weighted by Gasteiger charge is 2.33. The minimum absolute atomic E-state index is 0.0453. The average Bonchev–Trinajstić information content (AvgIpc) is 3.23. The fourth-order valence-corrected chi connectivity index (χ4v) is 3.99.